The van der Waals surface area contributed by atoms with Crippen LogP contribution in [0.1, 0.15) is 63.5 Å². The number of amides is 2. The predicted molar refractivity (Wildman–Crippen MR) is 140 cm³/mol. The van der Waals surface area contributed by atoms with E-state index in [-0.39, 0.29) is 29.8 Å². The van der Waals surface area contributed by atoms with Crippen molar-refractivity contribution in [3.8, 4) is 5.69 Å². The zero-order valence-corrected chi connectivity index (χ0v) is 21.2. The molecule has 0 aromatic carbocycles. The molecule has 2 N–H and O–H groups in total. The molecule has 8 heteroatoms. The van der Waals surface area contributed by atoms with Gasteiger partial charge in [0.05, 0.1) is 24.0 Å². The van der Waals surface area contributed by atoms with Gasteiger partial charge in [0.25, 0.3) is 0 Å². The maximum atomic E-state index is 14.0. The minimum atomic E-state index is -0.483. The second kappa shape index (κ2) is 10.8. The summed E-state index contributed by atoms with van der Waals surface area (Å²) in [6, 6.07) is 7.26. The number of likely N-dealkylation sites (tertiary alicyclic amines) is 1. The lowest BCUT2D eigenvalue weighted by Crippen LogP contribution is -2.55. The van der Waals surface area contributed by atoms with E-state index in [1.54, 1.807) is 13.2 Å². The van der Waals surface area contributed by atoms with Crippen LogP contribution in [-0.4, -0.2) is 56.9 Å². The second-order valence-corrected chi connectivity index (χ2v) is 10.2. The Morgan fingerprint density at radius 2 is 1.92 bits per heavy atom. The van der Waals surface area contributed by atoms with Crippen molar-refractivity contribution in [2.24, 2.45) is 5.92 Å². The van der Waals surface area contributed by atoms with Crippen LogP contribution in [0.5, 0.6) is 0 Å². The summed E-state index contributed by atoms with van der Waals surface area (Å²) in [5.74, 6) is 0.106. The van der Waals surface area contributed by atoms with E-state index in [1.165, 1.54) is 6.42 Å². The molecule has 5 rings (SSSR count). The molecule has 0 bridgehead atoms. The first-order valence-corrected chi connectivity index (χ1v) is 13.2. The Balaban J connectivity index is 1.41. The van der Waals surface area contributed by atoms with Gasteiger partial charge in [0.2, 0.25) is 11.8 Å². The summed E-state index contributed by atoms with van der Waals surface area (Å²) in [6.45, 7) is 2.52. The molecule has 1 aliphatic heterocycles. The number of hydrogen-bond donors (Lipinski definition) is 2. The van der Waals surface area contributed by atoms with Gasteiger partial charge in [-0.2, -0.15) is 0 Å². The average molecular weight is 489 g/mol. The third-order valence-corrected chi connectivity index (χ3v) is 7.90. The Labute approximate surface area is 212 Å². The maximum absolute atomic E-state index is 14.0. The number of hydrogen-bond acceptors (Lipinski definition) is 5. The monoisotopic (exact) mass is 488 g/mol. The van der Waals surface area contributed by atoms with Gasteiger partial charge in [0, 0.05) is 30.5 Å². The molecule has 3 atom stereocenters. The van der Waals surface area contributed by atoms with E-state index in [0.717, 1.165) is 60.8 Å². The van der Waals surface area contributed by atoms with Gasteiger partial charge in [-0.3, -0.25) is 19.1 Å². The van der Waals surface area contributed by atoms with Crippen LogP contribution in [0.3, 0.4) is 0 Å². The highest BCUT2D eigenvalue weighted by molar-refractivity contribution is 5.90. The number of fused-ring (bicyclic) bond motifs is 1. The molecule has 8 nitrogen and oxygen atoms in total. The fourth-order valence-electron chi connectivity index (χ4n) is 5.75. The highest BCUT2D eigenvalue weighted by Gasteiger charge is 2.39. The van der Waals surface area contributed by atoms with Crippen molar-refractivity contribution in [1.29, 1.82) is 0 Å². The number of rotatable bonds is 7. The van der Waals surface area contributed by atoms with Crippen molar-refractivity contribution >= 4 is 22.8 Å². The van der Waals surface area contributed by atoms with E-state index < -0.39 is 6.04 Å². The van der Waals surface area contributed by atoms with Crippen molar-refractivity contribution in [3.63, 3.8) is 0 Å². The molecule has 0 radical (unpaired) electrons. The molecule has 2 unspecified atom stereocenters. The van der Waals surface area contributed by atoms with Crippen LogP contribution in [0.4, 0.5) is 0 Å². The first kappa shape index (κ1) is 24.4. The highest BCUT2D eigenvalue weighted by atomic mass is 16.2. The molecular formula is C28H36N6O2. The smallest absolute Gasteiger partial charge is 0.245 e. The molecule has 4 heterocycles. The van der Waals surface area contributed by atoms with Crippen molar-refractivity contribution < 1.29 is 9.59 Å². The largest absolute Gasteiger partial charge is 0.343 e. The summed E-state index contributed by atoms with van der Waals surface area (Å²) in [4.78, 5) is 37.9. The van der Waals surface area contributed by atoms with Crippen LogP contribution in [-0.2, 0) is 9.59 Å². The van der Waals surface area contributed by atoms with Gasteiger partial charge in [-0.1, -0.05) is 19.3 Å². The van der Waals surface area contributed by atoms with E-state index in [0.29, 0.717) is 6.54 Å². The van der Waals surface area contributed by atoms with Gasteiger partial charge in [-0.15, -0.1) is 0 Å². The quantitative estimate of drug-likeness (QED) is 0.528. The third-order valence-electron chi connectivity index (χ3n) is 7.90. The first-order chi connectivity index (χ1) is 17.6. The van der Waals surface area contributed by atoms with Gasteiger partial charge in [-0.25, -0.2) is 4.98 Å². The van der Waals surface area contributed by atoms with Gasteiger partial charge >= 0.3 is 0 Å². The molecular weight excluding hydrogens is 452 g/mol. The second-order valence-electron chi connectivity index (χ2n) is 10.2. The molecule has 2 amide bonds. The van der Waals surface area contributed by atoms with Crippen molar-refractivity contribution in [2.75, 3.05) is 13.6 Å². The summed E-state index contributed by atoms with van der Waals surface area (Å²) in [7, 11) is 1.77. The van der Waals surface area contributed by atoms with Crippen LogP contribution in [0.2, 0.25) is 0 Å². The van der Waals surface area contributed by atoms with E-state index in [2.05, 4.69) is 26.7 Å². The van der Waals surface area contributed by atoms with Gasteiger partial charge in [-0.05, 0) is 75.4 Å². The standard InChI is InChI=1S/C28H36N6O2/c1-19(29-2)27(35)32-25(20-8-4-3-5-9-20)28(36)34-14-7-11-24(34)22-16-23(18-30-17-22)33-15-12-21-10-6-13-31-26(21)33/h6,10,12-13,15-20,24-25,29H,3-5,7-9,11,14H2,1-2H3,(H,32,35)/t19?,24?,25-/m0/s1. The molecule has 190 valence electrons. The number of aromatic nitrogens is 3. The Morgan fingerprint density at radius 3 is 2.72 bits per heavy atom. The Hall–Kier alpha value is -3.26. The third kappa shape index (κ3) is 4.87. The van der Waals surface area contributed by atoms with Crippen LogP contribution < -0.4 is 10.6 Å². The lowest BCUT2D eigenvalue weighted by atomic mass is 9.83. The molecule has 1 aliphatic carbocycles. The van der Waals surface area contributed by atoms with E-state index >= 15 is 0 Å². The number of pyridine rings is 2. The van der Waals surface area contributed by atoms with Crippen molar-refractivity contribution in [3.05, 3.63) is 54.6 Å². The molecule has 3 aromatic heterocycles. The minimum absolute atomic E-state index is 0.0412. The Kier molecular flexibility index (Phi) is 7.32. The Bertz CT molecular complexity index is 1220. The number of likely N-dealkylation sites (N-methyl/N-ethyl adjacent to an activating group) is 1. The summed E-state index contributed by atoms with van der Waals surface area (Å²) >= 11 is 0. The minimum Gasteiger partial charge on any atom is -0.343 e. The van der Waals surface area contributed by atoms with E-state index in [4.69, 9.17) is 0 Å². The lowest BCUT2D eigenvalue weighted by molar-refractivity contribution is -0.139. The zero-order valence-electron chi connectivity index (χ0n) is 21.2. The lowest BCUT2D eigenvalue weighted by Gasteiger charge is -2.35. The Morgan fingerprint density at radius 1 is 1.08 bits per heavy atom. The number of nitrogens with one attached hydrogen (secondary N) is 2. The van der Waals surface area contributed by atoms with E-state index in [1.807, 2.05) is 53.2 Å². The number of carbonyl (C=O) groups excluding carboxylic acids is 2. The molecule has 0 spiro atoms. The summed E-state index contributed by atoms with van der Waals surface area (Å²) in [6.07, 6.45) is 14.7. The normalized spacial score (nSPS) is 20.4. The SMILES string of the molecule is CNC(C)C(=O)N[C@H](C(=O)N1CCCC1c1cncc(-n2ccc3cccnc32)c1)C1CCCCC1. The number of nitrogens with zero attached hydrogens (tertiary/aromatic N) is 4. The summed E-state index contributed by atoms with van der Waals surface area (Å²) in [5.41, 5.74) is 2.84. The van der Waals surface area contributed by atoms with Crippen molar-refractivity contribution in [2.45, 2.75) is 70.0 Å². The van der Waals surface area contributed by atoms with Crippen LogP contribution in [0, 0.1) is 5.92 Å². The summed E-state index contributed by atoms with van der Waals surface area (Å²) in [5, 5.41) is 7.19. The van der Waals surface area contributed by atoms with Gasteiger partial charge in [0.15, 0.2) is 0 Å². The molecule has 2 aliphatic rings. The van der Waals surface area contributed by atoms with Gasteiger partial charge in [0.1, 0.15) is 11.7 Å². The average Bonchev–Trinajstić information content (AvgIpc) is 3.59. The zero-order chi connectivity index (χ0) is 25.1. The molecule has 1 saturated carbocycles. The fourth-order valence-corrected chi connectivity index (χ4v) is 5.75. The predicted octanol–water partition coefficient (Wildman–Crippen LogP) is 3.76. The summed E-state index contributed by atoms with van der Waals surface area (Å²) < 4.78 is 2.04. The molecule has 1 saturated heterocycles. The molecule has 2 fully saturated rings. The highest BCUT2D eigenvalue weighted by Crippen LogP contribution is 2.35. The number of carbonyl (C=O) groups is 2. The van der Waals surface area contributed by atoms with E-state index in [9.17, 15) is 9.59 Å². The topological polar surface area (TPSA) is 92.2 Å². The van der Waals surface area contributed by atoms with Crippen LogP contribution >= 0.6 is 0 Å². The molecule has 36 heavy (non-hydrogen) atoms. The van der Waals surface area contributed by atoms with Gasteiger partial charge < -0.3 is 15.5 Å². The van der Waals surface area contributed by atoms with Crippen LogP contribution in [0.15, 0.2) is 49.1 Å². The van der Waals surface area contributed by atoms with Crippen molar-refractivity contribution in [1.82, 2.24) is 30.1 Å². The fraction of sp³-hybridized carbons (Fsp3) is 0.500. The maximum Gasteiger partial charge on any atom is 0.245 e. The van der Waals surface area contributed by atoms with Crippen LogP contribution in [0.25, 0.3) is 16.7 Å². The first-order valence-electron chi connectivity index (χ1n) is 13.2. The molecule has 3 aromatic rings.